The number of thiophene rings is 10. The number of aromatic nitrogens is 2. The van der Waals surface area contributed by atoms with Crippen molar-refractivity contribution < 1.29 is 30.2 Å². The minimum atomic E-state index is -1.97. The van der Waals surface area contributed by atoms with E-state index >= 15 is 0 Å². The third kappa shape index (κ3) is 25.0. The molecule has 0 spiro atoms. The number of aliphatic hydroxyl groups is 1. The number of nitriles is 3. The number of fused-ring (bicyclic) bond motifs is 6. The monoisotopic (exact) mass is 1930 g/mol. The molecule has 12 rings (SSSR count). The molecular formula is C70H64Br4LiN8O2S10Sn2+. The number of allylic oxidation sites excluding steroid dienone is 1. The van der Waals surface area contributed by atoms with E-state index in [-0.39, 0.29) is 26.7 Å². The molecule has 1 N–H and O–H groups in total. The van der Waals surface area contributed by atoms with E-state index in [9.17, 15) is 9.90 Å². The van der Waals surface area contributed by atoms with Crippen molar-refractivity contribution in [2.24, 2.45) is 0 Å². The molecule has 0 fully saturated rings. The van der Waals surface area contributed by atoms with Gasteiger partial charge in [0.05, 0.1) is 78.7 Å². The van der Waals surface area contributed by atoms with Crippen molar-refractivity contribution in [3.05, 3.63) is 207 Å². The molecule has 27 heteroatoms. The summed E-state index contributed by atoms with van der Waals surface area (Å²) < 4.78 is 18.6. The number of carbonyl (C=O) groups excluding carboxylic acids is 1. The summed E-state index contributed by atoms with van der Waals surface area (Å²) in [4.78, 5) is 45.8. The molecule has 0 aliphatic rings. The van der Waals surface area contributed by atoms with Gasteiger partial charge in [0.25, 0.3) is 0 Å². The fraction of sp³-hybridized carbons (Fsp3) is 0.200. The molecular weight excluding hydrogens is 1870 g/mol. The molecule has 0 aliphatic heterocycles. The smallest absolute Gasteiger partial charge is 0.386 e. The van der Waals surface area contributed by atoms with Gasteiger partial charge in [0.1, 0.15) is 6.10 Å². The summed E-state index contributed by atoms with van der Waals surface area (Å²) >= 11 is 26.7. The number of hydrogen-bond acceptors (Lipinski definition) is 15. The first-order valence-electron chi connectivity index (χ1n) is 29.1. The van der Waals surface area contributed by atoms with Crippen LogP contribution >= 0.6 is 177 Å². The summed E-state index contributed by atoms with van der Waals surface area (Å²) in [6.45, 7) is 29.4. The van der Waals surface area contributed by atoms with Crippen molar-refractivity contribution >= 4 is 291 Å². The number of carbonyl (C=O) groups is 1. The minimum absolute atomic E-state index is 0. The largest absolute Gasteiger partial charge is 1.00 e. The molecule has 492 valence electrons. The van der Waals surface area contributed by atoms with E-state index in [1.165, 1.54) is 111 Å². The number of nitrogens with zero attached hydrogens (tertiary/aromatic N) is 8. The third-order valence-corrected chi connectivity index (χ3v) is 45.5. The summed E-state index contributed by atoms with van der Waals surface area (Å²) in [5, 5.41) is 33.6. The molecule has 0 aromatic carbocycles. The van der Waals surface area contributed by atoms with Crippen LogP contribution in [0.25, 0.3) is 99.2 Å². The van der Waals surface area contributed by atoms with Crippen LogP contribution in [0.15, 0.2) is 137 Å². The van der Waals surface area contributed by atoms with Crippen molar-refractivity contribution in [1.82, 2.24) is 9.13 Å². The van der Waals surface area contributed by atoms with Gasteiger partial charge in [-0.25, -0.2) is 19.8 Å². The summed E-state index contributed by atoms with van der Waals surface area (Å²) in [5.74, 6) is 0. The minimum Gasteiger partial charge on any atom is -0.386 e. The Morgan fingerprint density at radius 2 is 0.876 bits per heavy atom. The number of rotatable bonds is 15. The molecule has 0 radical (unpaired) electrons. The van der Waals surface area contributed by atoms with Crippen molar-refractivity contribution in [2.45, 2.75) is 81.9 Å². The first-order valence-corrected chi connectivity index (χ1v) is 60.4. The molecule has 0 saturated heterocycles. The fourth-order valence-corrected chi connectivity index (χ4v) is 31.2. The standard InChI is InChI=1S/C25H17N3S4.C11H9NS2.C7H6BrNOS.2C7H4BrNS.C5H3BrOS.C2H2N.6CH3.Li.2Sn/c1-3-13-28-18-14-22(20-8-6-16(29-20)5-4-11-26)31-24(18)25-19(28)15-23(32-25)21-9-7-17(30-21)10-12-27-2;1-2-5-12-8-3-6-13-10(8)11-9(12)4-7-14-11;8-7-2-1-6(11-7)5(10)3-4-9;2*1-9-5-4-6-2-3-7(8)10-6;6-5-2-1-4(3-7)8-5;1-2-3;;;;;;;;;/h4-10,12,14-15H,3,13H2,1H3;3-4H,2,5H2,1H3;1-2,5,10H,3H2;2*2-5H;1-3H;1H2;6*1H3;;;/q;;;;;;-1;;;;;;;+1;;/p+1/b5-4-,12-10-;;;2*5-4-;;;;;;;;;;;. The van der Waals surface area contributed by atoms with E-state index in [4.69, 9.17) is 35.5 Å². The van der Waals surface area contributed by atoms with Gasteiger partial charge in [-0.1, -0.05) is 6.92 Å². The van der Waals surface area contributed by atoms with Crippen molar-refractivity contribution in [2.75, 3.05) is 0 Å². The van der Waals surface area contributed by atoms with Gasteiger partial charge in [-0.3, -0.25) is 4.79 Å². The molecule has 12 aromatic heterocycles. The Morgan fingerprint density at radius 3 is 1.20 bits per heavy atom. The Kier molecular flexibility index (Phi) is 36.2. The van der Waals surface area contributed by atoms with Crippen molar-refractivity contribution in [1.29, 1.82) is 15.8 Å². The van der Waals surface area contributed by atoms with Crippen LogP contribution in [0.2, 0.25) is 29.6 Å². The van der Waals surface area contributed by atoms with E-state index in [2.05, 4.69) is 215 Å². The van der Waals surface area contributed by atoms with Crippen LogP contribution in [-0.2, 0) is 13.1 Å². The van der Waals surface area contributed by atoms with Crippen LogP contribution in [-0.4, -0.2) is 57.3 Å². The summed E-state index contributed by atoms with van der Waals surface area (Å²) in [7, 11) is 0. The van der Waals surface area contributed by atoms with E-state index in [0.29, 0.717) is 0 Å². The van der Waals surface area contributed by atoms with Crippen molar-refractivity contribution in [3.8, 4) is 37.7 Å². The quantitative estimate of drug-likeness (QED) is 0.0473. The first kappa shape index (κ1) is 83.8. The average molecular weight is 1930 g/mol. The zero-order chi connectivity index (χ0) is 70.1. The second-order valence-corrected chi connectivity index (χ2v) is 69.3. The Labute approximate surface area is 663 Å². The summed E-state index contributed by atoms with van der Waals surface area (Å²) in [6.07, 6.45) is 16.0. The number of aryl methyl sites for hydroxylation is 2. The van der Waals surface area contributed by atoms with Gasteiger partial charge in [0, 0.05) is 56.5 Å². The van der Waals surface area contributed by atoms with E-state index in [0.717, 1.165) is 70.2 Å². The second-order valence-electron chi connectivity index (χ2n) is 22.0. The van der Waals surface area contributed by atoms with E-state index in [1.807, 2.05) is 83.4 Å². The van der Waals surface area contributed by atoms with Gasteiger partial charge >= 0.3 is 172 Å². The molecule has 1 atom stereocenters. The SMILES string of the molecule is CCCn1c2c[c]([Sn]([CH3])([CH3])[CH3])sc2c2s[c]([Sn]([CH3])([CH3])[CH3])cc21.N#CCC(O)c1ccc(Br)s1.O=Cc1ccc(Br)s1.[C-]#[N+]/C=C\c1ccc(-c2cc3c(s2)c2sc(-c4ccc(/C=C\C#N)s4)cc2n3CCC)s1.[C-]#[N+]/C=C\c1ccc(Br)s1.[C-]#[N+]/C=C\c1ccc(Br)s1.[CH2-]C#N.[H+].[Li+]. The summed E-state index contributed by atoms with van der Waals surface area (Å²) in [5.41, 5.74) is 5.67. The molecule has 10 nitrogen and oxygen atoms in total. The molecule has 0 aliphatic carbocycles. The van der Waals surface area contributed by atoms with Gasteiger partial charge in [0.2, 0.25) is 0 Å². The Hall–Kier alpha value is -3.89. The molecule has 0 saturated carbocycles. The normalized spacial score (nSPS) is 11.3. The van der Waals surface area contributed by atoms with Gasteiger partial charge in [-0.2, -0.15) is 10.5 Å². The molecule has 0 amide bonds. The Bertz CT molecular complexity index is 4710. The Morgan fingerprint density at radius 1 is 0.526 bits per heavy atom. The first-order chi connectivity index (χ1) is 46.0. The average Bonchev–Trinajstić information content (AvgIpc) is 1.58. The van der Waals surface area contributed by atoms with Crippen molar-refractivity contribution in [3.63, 3.8) is 0 Å². The van der Waals surface area contributed by atoms with Crippen LogP contribution < -0.4 is 24.6 Å². The predicted octanol–water partition coefficient (Wildman–Crippen LogP) is 23.7. The molecule has 12 heterocycles. The Balaban J connectivity index is 0.000000268. The second kappa shape index (κ2) is 41.9. The van der Waals surface area contributed by atoms with Gasteiger partial charge < -0.3 is 16.6 Å². The van der Waals surface area contributed by atoms with E-state index in [1.54, 1.807) is 78.8 Å². The van der Waals surface area contributed by atoms with Crippen LogP contribution in [0.3, 0.4) is 0 Å². The van der Waals surface area contributed by atoms with Gasteiger partial charge in [-0.05, 0) is 179 Å². The van der Waals surface area contributed by atoms with Crippen LogP contribution in [0.4, 0.5) is 0 Å². The number of hydrogen-bond donors (Lipinski definition) is 1. The third-order valence-electron chi connectivity index (χ3n) is 12.9. The fourth-order valence-electron chi connectivity index (χ4n) is 8.67. The number of aldehydes is 1. The summed E-state index contributed by atoms with van der Waals surface area (Å²) in [6, 6.07) is 38.9. The maximum absolute atomic E-state index is 10.0. The molecule has 12 aromatic rings. The maximum Gasteiger partial charge on any atom is 1.00 e. The molecule has 97 heavy (non-hydrogen) atoms. The number of aliphatic hydroxyl groups excluding tert-OH is 1. The van der Waals surface area contributed by atoms with Gasteiger partial charge in [0.15, 0.2) is 24.9 Å². The van der Waals surface area contributed by atoms with Crippen LogP contribution in [0.5, 0.6) is 0 Å². The van der Waals surface area contributed by atoms with Crippen LogP contribution in [0.1, 0.15) is 74.7 Å². The van der Waals surface area contributed by atoms with E-state index < -0.39 is 42.9 Å². The maximum atomic E-state index is 10.0. The molecule has 1 unspecified atom stereocenters. The molecule has 0 bridgehead atoms. The number of halogens is 4. The van der Waals surface area contributed by atoms with Gasteiger partial charge in [-0.15, -0.1) is 96.8 Å². The zero-order valence-corrected chi connectivity index (χ0v) is 74.5. The predicted molar refractivity (Wildman–Crippen MR) is 446 cm³/mol. The van der Waals surface area contributed by atoms with Crippen LogP contribution in [0, 0.1) is 60.6 Å². The zero-order valence-electron chi connectivity index (χ0n) is 55.3. The topological polar surface area (TPSA) is 132 Å².